The lowest BCUT2D eigenvalue weighted by Gasteiger charge is -2.45. The van der Waals surface area contributed by atoms with Gasteiger partial charge >= 0.3 is 6.03 Å². The SMILES string of the molecule is CC(=O)Nc1ccn(C(=O)N2CCC3(CCCN3Cc3cc(C)cc(Oc4cncnc4)c3)CC2)n1. The molecule has 0 radical (unpaired) electrons. The van der Waals surface area contributed by atoms with Crippen LogP contribution in [0.2, 0.25) is 0 Å². The Morgan fingerprint density at radius 1 is 1.06 bits per heavy atom. The molecule has 2 aliphatic heterocycles. The molecule has 5 rings (SSSR count). The summed E-state index contributed by atoms with van der Waals surface area (Å²) >= 11 is 0. The van der Waals surface area contributed by atoms with Crippen LogP contribution in [0.1, 0.15) is 43.7 Å². The van der Waals surface area contributed by atoms with Crippen molar-refractivity contribution >= 4 is 17.8 Å². The first-order chi connectivity index (χ1) is 17.4. The van der Waals surface area contributed by atoms with Gasteiger partial charge in [0.25, 0.3) is 0 Å². The van der Waals surface area contributed by atoms with E-state index in [1.807, 2.05) is 11.0 Å². The van der Waals surface area contributed by atoms with Crippen molar-refractivity contribution in [3.8, 4) is 11.5 Å². The Morgan fingerprint density at radius 3 is 2.58 bits per heavy atom. The second kappa shape index (κ2) is 10.1. The normalized spacial score (nSPS) is 17.3. The van der Waals surface area contributed by atoms with Gasteiger partial charge in [0.15, 0.2) is 11.6 Å². The summed E-state index contributed by atoms with van der Waals surface area (Å²) in [7, 11) is 0. The molecular weight excluding hydrogens is 458 g/mol. The van der Waals surface area contributed by atoms with E-state index in [2.05, 4.69) is 44.3 Å². The van der Waals surface area contributed by atoms with Crippen LogP contribution in [0.25, 0.3) is 0 Å². The molecule has 0 atom stereocenters. The standard InChI is InChI=1S/C26H31N7O3/c1-19-12-21(14-22(13-19)36-23-15-27-18-28-16-23)17-32-8-3-5-26(32)6-10-31(11-7-26)25(35)33-9-4-24(30-33)29-20(2)34/h4,9,12-16,18H,3,5-8,10-11,17H2,1-2H3,(H,29,30,34). The molecule has 10 nitrogen and oxygen atoms in total. The van der Waals surface area contributed by atoms with E-state index in [9.17, 15) is 9.59 Å². The Hall–Kier alpha value is -3.79. The third-order valence-electron chi connectivity index (χ3n) is 7.05. The lowest BCUT2D eigenvalue weighted by Crippen LogP contribution is -2.53. The van der Waals surface area contributed by atoms with Gasteiger partial charge in [0.05, 0.1) is 12.4 Å². The Kier molecular flexibility index (Phi) is 6.69. The highest BCUT2D eigenvalue weighted by Gasteiger charge is 2.43. The molecule has 1 aromatic carbocycles. The highest BCUT2D eigenvalue weighted by molar-refractivity contribution is 5.88. The van der Waals surface area contributed by atoms with Gasteiger partial charge in [-0.2, -0.15) is 4.68 Å². The summed E-state index contributed by atoms with van der Waals surface area (Å²) in [6.07, 6.45) is 10.5. The maximum atomic E-state index is 13.0. The molecule has 188 valence electrons. The number of anilines is 1. The third-order valence-corrected chi connectivity index (χ3v) is 7.05. The maximum absolute atomic E-state index is 13.0. The molecule has 2 fully saturated rings. The highest BCUT2D eigenvalue weighted by Crippen LogP contribution is 2.40. The Labute approximate surface area is 210 Å². The molecule has 36 heavy (non-hydrogen) atoms. The number of nitrogens with zero attached hydrogens (tertiary/aromatic N) is 6. The molecular formula is C26H31N7O3. The predicted octanol–water partition coefficient (Wildman–Crippen LogP) is 3.83. The number of piperidine rings is 1. The van der Waals surface area contributed by atoms with Gasteiger partial charge in [-0.05, 0) is 62.4 Å². The number of benzene rings is 1. The van der Waals surface area contributed by atoms with E-state index in [4.69, 9.17) is 4.74 Å². The molecule has 3 aromatic rings. The van der Waals surface area contributed by atoms with Gasteiger partial charge in [0.1, 0.15) is 12.1 Å². The topological polar surface area (TPSA) is 105 Å². The number of nitrogens with one attached hydrogen (secondary N) is 1. The number of hydrogen-bond donors (Lipinski definition) is 1. The molecule has 2 saturated heterocycles. The van der Waals surface area contributed by atoms with E-state index in [-0.39, 0.29) is 17.5 Å². The van der Waals surface area contributed by atoms with E-state index in [1.165, 1.54) is 23.5 Å². The summed E-state index contributed by atoms with van der Waals surface area (Å²) in [5.74, 6) is 1.57. The van der Waals surface area contributed by atoms with Crippen LogP contribution >= 0.6 is 0 Å². The fourth-order valence-corrected chi connectivity index (χ4v) is 5.41. The van der Waals surface area contributed by atoms with Crippen molar-refractivity contribution in [2.75, 3.05) is 25.0 Å². The molecule has 0 aliphatic carbocycles. The largest absolute Gasteiger partial charge is 0.454 e. The van der Waals surface area contributed by atoms with Crippen LogP contribution in [0.5, 0.6) is 11.5 Å². The molecule has 4 heterocycles. The number of aryl methyl sites for hydroxylation is 1. The number of aromatic nitrogens is 4. The zero-order chi connectivity index (χ0) is 25.1. The highest BCUT2D eigenvalue weighted by atomic mass is 16.5. The number of hydrogen-bond acceptors (Lipinski definition) is 7. The van der Waals surface area contributed by atoms with Gasteiger partial charge in [-0.25, -0.2) is 14.8 Å². The quantitative estimate of drug-likeness (QED) is 0.581. The van der Waals surface area contributed by atoms with Crippen LogP contribution in [-0.2, 0) is 11.3 Å². The van der Waals surface area contributed by atoms with E-state index in [0.29, 0.717) is 24.7 Å². The lowest BCUT2D eigenvalue weighted by atomic mass is 9.84. The van der Waals surface area contributed by atoms with Gasteiger partial charge in [-0.1, -0.05) is 6.07 Å². The minimum Gasteiger partial charge on any atom is -0.454 e. The zero-order valence-electron chi connectivity index (χ0n) is 20.7. The average molecular weight is 490 g/mol. The van der Waals surface area contributed by atoms with Crippen LogP contribution in [0.4, 0.5) is 10.6 Å². The van der Waals surface area contributed by atoms with Crippen molar-refractivity contribution in [1.82, 2.24) is 29.5 Å². The van der Waals surface area contributed by atoms with Crippen LogP contribution in [-0.4, -0.2) is 66.7 Å². The summed E-state index contributed by atoms with van der Waals surface area (Å²) < 4.78 is 7.29. The zero-order valence-corrected chi connectivity index (χ0v) is 20.7. The van der Waals surface area contributed by atoms with Crippen LogP contribution in [0.15, 0.2) is 49.2 Å². The Balaban J connectivity index is 1.23. The molecule has 1 spiro atoms. The van der Waals surface area contributed by atoms with E-state index in [0.717, 1.165) is 50.1 Å². The predicted molar refractivity (Wildman–Crippen MR) is 134 cm³/mol. The van der Waals surface area contributed by atoms with Gasteiger partial charge < -0.3 is 15.0 Å². The second-order valence-corrected chi connectivity index (χ2v) is 9.68. The van der Waals surface area contributed by atoms with Crippen molar-refractivity contribution in [3.05, 3.63) is 60.3 Å². The van der Waals surface area contributed by atoms with E-state index >= 15 is 0 Å². The van der Waals surface area contributed by atoms with Crippen molar-refractivity contribution < 1.29 is 14.3 Å². The number of likely N-dealkylation sites (tertiary alicyclic amines) is 2. The maximum Gasteiger partial charge on any atom is 0.344 e. The van der Waals surface area contributed by atoms with E-state index in [1.54, 1.807) is 24.7 Å². The number of amides is 2. The smallest absolute Gasteiger partial charge is 0.344 e. The molecule has 2 amide bonds. The van der Waals surface area contributed by atoms with Gasteiger partial charge in [-0.15, -0.1) is 5.10 Å². The average Bonchev–Trinajstić information content (AvgIpc) is 3.46. The summed E-state index contributed by atoms with van der Waals surface area (Å²) in [5.41, 5.74) is 2.45. The fraction of sp³-hybridized carbons (Fsp3) is 0.423. The summed E-state index contributed by atoms with van der Waals surface area (Å²) in [4.78, 5) is 36.7. The van der Waals surface area contributed by atoms with Crippen molar-refractivity contribution in [2.24, 2.45) is 0 Å². The number of carbonyl (C=O) groups is 2. The fourth-order valence-electron chi connectivity index (χ4n) is 5.41. The van der Waals surface area contributed by atoms with E-state index < -0.39 is 0 Å². The molecule has 0 saturated carbocycles. The molecule has 0 bridgehead atoms. The second-order valence-electron chi connectivity index (χ2n) is 9.68. The molecule has 0 unspecified atom stereocenters. The molecule has 2 aliphatic rings. The van der Waals surface area contributed by atoms with Gasteiger partial charge in [-0.3, -0.25) is 9.69 Å². The summed E-state index contributed by atoms with van der Waals surface area (Å²) in [5, 5.41) is 6.80. The molecule has 2 aromatic heterocycles. The van der Waals surface area contributed by atoms with Crippen molar-refractivity contribution in [1.29, 1.82) is 0 Å². The van der Waals surface area contributed by atoms with Crippen LogP contribution in [0, 0.1) is 6.92 Å². The molecule has 1 N–H and O–H groups in total. The minimum absolute atomic E-state index is 0.0975. The molecule has 10 heteroatoms. The number of ether oxygens (including phenoxy) is 1. The monoisotopic (exact) mass is 489 g/mol. The lowest BCUT2D eigenvalue weighted by molar-refractivity contribution is -0.114. The first kappa shape index (κ1) is 23.9. The number of carbonyl (C=O) groups excluding carboxylic acids is 2. The van der Waals surface area contributed by atoms with Crippen LogP contribution in [0.3, 0.4) is 0 Å². The summed E-state index contributed by atoms with van der Waals surface area (Å²) in [6, 6.07) is 7.80. The van der Waals surface area contributed by atoms with Crippen molar-refractivity contribution in [3.63, 3.8) is 0 Å². The first-order valence-corrected chi connectivity index (χ1v) is 12.3. The minimum atomic E-state index is -0.213. The number of rotatable bonds is 5. The Bertz CT molecular complexity index is 1240. The van der Waals surface area contributed by atoms with Gasteiger partial charge in [0.2, 0.25) is 5.91 Å². The van der Waals surface area contributed by atoms with Crippen molar-refractivity contribution in [2.45, 2.75) is 51.6 Å². The third kappa shape index (κ3) is 5.23. The van der Waals surface area contributed by atoms with Crippen LogP contribution < -0.4 is 10.1 Å². The first-order valence-electron chi connectivity index (χ1n) is 12.3. The Morgan fingerprint density at radius 2 is 1.83 bits per heavy atom. The van der Waals surface area contributed by atoms with Gasteiger partial charge in [0, 0.05) is 44.4 Å². The summed E-state index contributed by atoms with van der Waals surface area (Å²) in [6.45, 7) is 6.75.